The normalized spacial score (nSPS) is 10.1. The molecule has 0 aliphatic heterocycles. The zero-order valence-electron chi connectivity index (χ0n) is 13.3. The third-order valence-electron chi connectivity index (χ3n) is 3.34. The molecule has 0 fully saturated rings. The van der Waals surface area contributed by atoms with Crippen molar-refractivity contribution in [2.45, 2.75) is 34.6 Å². The highest BCUT2D eigenvalue weighted by molar-refractivity contribution is 5.60. The van der Waals surface area contributed by atoms with Crippen LogP contribution in [0.1, 0.15) is 31.9 Å². The number of rotatable bonds is 4. The lowest BCUT2D eigenvalue weighted by Crippen LogP contribution is -2.05. The number of nitrogens with one attached hydrogen (secondary N) is 2. The third-order valence-corrected chi connectivity index (χ3v) is 3.34. The molecular formula is C17H22N4. The average molecular weight is 282 g/mol. The van der Waals surface area contributed by atoms with Gasteiger partial charge >= 0.3 is 0 Å². The van der Waals surface area contributed by atoms with E-state index in [-0.39, 0.29) is 0 Å². The van der Waals surface area contributed by atoms with Gasteiger partial charge < -0.3 is 10.6 Å². The second-order valence-corrected chi connectivity index (χ2v) is 5.47. The maximum atomic E-state index is 4.54. The van der Waals surface area contributed by atoms with Gasteiger partial charge in [-0.3, -0.25) is 0 Å². The molecule has 1 aromatic heterocycles. The van der Waals surface area contributed by atoms with Crippen LogP contribution in [-0.4, -0.2) is 9.97 Å². The highest BCUT2D eigenvalue weighted by atomic mass is 15.1. The molecule has 4 heteroatoms. The third kappa shape index (κ3) is 4.05. The van der Waals surface area contributed by atoms with E-state index in [1.165, 1.54) is 11.1 Å². The quantitative estimate of drug-likeness (QED) is 0.863. The SMILES string of the molecule is CC(C)=C(C)Nc1ncc(C)c(Nc2ccc(C)cc2)n1. The summed E-state index contributed by atoms with van der Waals surface area (Å²) in [6, 6.07) is 8.24. The molecule has 0 bridgehead atoms. The standard InChI is InChI=1S/C17H22N4/c1-11(2)14(5)19-17-18-10-13(4)16(21-17)20-15-8-6-12(3)7-9-15/h6-10H,1-5H3,(H2,18,19,20,21). The molecule has 0 unspecified atom stereocenters. The predicted octanol–water partition coefficient (Wildman–Crippen LogP) is 4.56. The molecular weight excluding hydrogens is 260 g/mol. The van der Waals surface area contributed by atoms with Crippen LogP contribution in [-0.2, 0) is 0 Å². The minimum absolute atomic E-state index is 0.605. The second kappa shape index (κ2) is 6.39. The first-order chi connectivity index (χ1) is 9.95. The van der Waals surface area contributed by atoms with Gasteiger partial charge in [-0.1, -0.05) is 23.3 Å². The first-order valence-electron chi connectivity index (χ1n) is 7.04. The van der Waals surface area contributed by atoms with Crippen molar-refractivity contribution in [1.82, 2.24) is 9.97 Å². The Kier molecular flexibility index (Phi) is 4.58. The van der Waals surface area contributed by atoms with Crippen LogP contribution in [0.3, 0.4) is 0 Å². The van der Waals surface area contributed by atoms with E-state index >= 15 is 0 Å². The summed E-state index contributed by atoms with van der Waals surface area (Å²) in [5.41, 5.74) is 5.55. The van der Waals surface area contributed by atoms with Crippen LogP contribution in [0.15, 0.2) is 41.7 Å². The largest absolute Gasteiger partial charge is 0.340 e. The highest BCUT2D eigenvalue weighted by Gasteiger charge is 2.05. The number of hydrogen-bond donors (Lipinski definition) is 2. The first kappa shape index (κ1) is 15.0. The predicted molar refractivity (Wildman–Crippen MR) is 88.9 cm³/mol. The Balaban J connectivity index is 2.23. The minimum atomic E-state index is 0.605. The Bertz CT molecular complexity index is 653. The number of hydrogen-bond acceptors (Lipinski definition) is 4. The number of allylic oxidation sites excluding steroid dienone is 2. The fourth-order valence-corrected chi connectivity index (χ4v) is 1.70. The van der Waals surface area contributed by atoms with Gasteiger partial charge in [0, 0.05) is 23.1 Å². The summed E-state index contributed by atoms with van der Waals surface area (Å²) in [5.74, 6) is 1.42. The van der Waals surface area contributed by atoms with Crippen molar-refractivity contribution in [3.8, 4) is 0 Å². The van der Waals surface area contributed by atoms with Crippen LogP contribution in [0.2, 0.25) is 0 Å². The lowest BCUT2D eigenvalue weighted by Gasteiger charge is -2.12. The Hall–Kier alpha value is -2.36. The molecule has 21 heavy (non-hydrogen) atoms. The molecule has 0 aliphatic carbocycles. The van der Waals surface area contributed by atoms with Crippen molar-refractivity contribution >= 4 is 17.5 Å². The number of aromatic nitrogens is 2. The highest BCUT2D eigenvalue weighted by Crippen LogP contribution is 2.20. The summed E-state index contributed by atoms with van der Waals surface area (Å²) in [7, 11) is 0. The molecule has 4 nitrogen and oxygen atoms in total. The van der Waals surface area contributed by atoms with Crippen molar-refractivity contribution < 1.29 is 0 Å². The Morgan fingerprint density at radius 1 is 1.00 bits per heavy atom. The van der Waals surface area contributed by atoms with Gasteiger partial charge in [0.05, 0.1) is 0 Å². The number of nitrogens with zero attached hydrogens (tertiary/aromatic N) is 2. The first-order valence-corrected chi connectivity index (χ1v) is 7.04. The van der Waals surface area contributed by atoms with Gasteiger partial charge in [0.25, 0.3) is 0 Å². The summed E-state index contributed by atoms with van der Waals surface area (Å²) in [5, 5.41) is 6.56. The molecule has 0 radical (unpaired) electrons. The van der Waals surface area contributed by atoms with E-state index in [4.69, 9.17) is 0 Å². The van der Waals surface area contributed by atoms with E-state index in [1.54, 1.807) is 0 Å². The Labute approximate surface area is 126 Å². The fraction of sp³-hybridized carbons (Fsp3) is 0.294. The van der Waals surface area contributed by atoms with Gasteiger partial charge in [-0.25, -0.2) is 4.98 Å². The number of benzene rings is 1. The molecule has 0 atom stereocenters. The summed E-state index contributed by atoms with van der Waals surface area (Å²) in [6.07, 6.45) is 1.82. The van der Waals surface area contributed by atoms with E-state index in [9.17, 15) is 0 Å². The molecule has 1 heterocycles. The van der Waals surface area contributed by atoms with Crippen LogP contribution in [0.5, 0.6) is 0 Å². The van der Waals surface area contributed by atoms with E-state index in [0.717, 1.165) is 22.8 Å². The van der Waals surface area contributed by atoms with E-state index in [1.807, 2.05) is 32.2 Å². The zero-order chi connectivity index (χ0) is 15.4. The zero-order valence-corrected chi connectivity index (χ0v) is 13.3. The average Bonchev–Trinajstić information content (AvgIpc) is 2.44. The second-order valence-electron chi connectivity index (χ2n) is 5.47. The molecule has 0 amide bonds. The molecule has 0 aliphatic rings. The molecule has 110 valence electrons. The summed E-state index contributed by atoms with van der Waals surface area (Å²) in [4.78, 5) is 8.87. The lowest BCUT2D eigenvalue weighted by molar-refractivity contribution is 1.10. The maximum Gasteiger partial charge on any atom is 0.228 e. The molecule has 1 aromatic carbocycles. The van der Waals surface area contributed by atoms with Crippen molar-refractivity contribution in [2.24, 2.45) is 0 Å². The van der Waals surface area contributed by atoms with Crippen LogP contribution in [0, 0.1) is 13.8 Å². The van der Waals surface area contributed by atoms with E-state index < -0.39 is 0 Å². The summed E-state index contributed by atoms with van der Waals surface area (Å²) >= 11 is 0. The van der Waals surface area contributed by atoms with Crippen molar-refractivity contribution in [1.29, 1.82) is 0 Å². The lowest BCUT2D eigenvalue weighted by atomic mass is 10.2. The van der Waals surface area contributed by atoms with Gasteiger partial charge in [-0.15, -0.1) is 0 Å². The van der Waals surface area contributed by atoms with Gasteiger partial charge in [-0.2, -0.15) is 4.98 Å². The van der Waals surface area contributed by atoms with Gasteiger partial charge in [0.1, 0.15) is 5.82 Å². The molecule has 0 spiro atoms. The Morgan fingerprint density at radius 3 is 2.29 bits per heavy atom. The van der Waals surface area contributed by atoms with Crippen LogP contribution in [0.25, 0.3) is 0 Å². The Morgan fingerprint density at radius 2 is 1.67 bits per heavy atom. The van der Waals surface area contributed by atoms with Gasteiger partial charge in [-0.05, 0) is 46.8 Å². The number of aryl methyl sites for hydroxylation is 2. The van der Waals surface area contributed by atoms with Gasteiger partial charge in [0.15, 0.2) is 0 Å². The van der Waals surface area contributed by atoms with E-state index in [2.05, 4.69) is 53.5 Å². The summed E-state index contributed by atoms with van der Waals surface area (Å²) < 4.78 is 0. The molecule has 2 rings (SSSR count). The monoisotopic (exact) mass is 282 g/mol. The molecule has 2 N–H and O–H groups in total. The van der Waals surface area contributed by atoms with Gasteiger partial charge in [0.2, 0.25) is 5.95 Å². The summed E-state index contributed by atoms with van der Waals surface area (Å²) in [6.45, 7) is 10.2. The van der Waals surface area contributed by atoms with Crippen molar-refractivity contribution in [2.75, 3.05) is 10.6 Å². The smallest absolute Gasteiger partial charge is 0.228 e. The van der Waals surface area contributed by atoms with Crippen molar-refractivity contribution in [3.05, 3.63) is 52.9 Å². The van der Waals surface area contributed by atoms with Crippen LogP contribution < -0.4 is 10.6 Å². The minimum Gasteiger partial charge on any atom is -0.340 e. The van der Waals surface area contributed by atoms with Crippen LogP contribution in [0.4, 0.5) is 17.5 Å². The molecule has 0 saturated carbocycles. The topological polar surface area (TPSA) is 49.8 Å². The fourth-order valence-electron chi connectivity index (χ4n) is 1.70. The molecule has 0 saturated heterocycles. The van der Waals surface area contributed by atoms with E-state index in [0.29, 0.717) is 5.95 Å². The number of anilines is 3. The van der Waals surface area contributed by atoms with Crippen LogP contribution >= 0.6 is 0 Å². The van der Waals surface area contributed by atoms with Crippen molar-refractivity contribution in [3.63, 3.8) is 0 Å². The maximum absolute atomic E-state index is 4.54. The molecule has 2 aromatic rings.